The lowest BCUT2D eigenvalue weighted by atomic mass is 9.95. The highest BCUT2D eigenvalue weighted by Gasteiger charge is 2.42. The summed E-state index contributed by atoms with van der Waals surface area (Å²) in [4.78, 5) is 0. The van der Waals surface area contributed by atoms with Gasteiger partial charge in [0.05, 0.1) is 45.2 Å². The summed E-state index contributed by atoms with van der Waals surface area (Å²) in [5.41, 5.74) is 4.53. The Hall–Kier alpha value is -3.32. The second-order valence-corrected chi connectivity index (χ2v) is 9.87. The first-order chi connectivity index (χ1) is 19.3. The van der Waals surface area contributed by atoms with E-state index >= 15 is 0 Å². The Morgan fingerprint density at radius 3 is 1.38 bits per heavy atom. The first-order valence-corrected chi connectivity index (χ1v) is 13.7. The van der Waals surface area contributed by atoms with Crippen LogP contribution in [-0.4, -0.2) is 37.5 Å². The predicted octanol–water partition coefficient (Wildman–Crippen LogP) is 5.93. The molecule has 0 radical (unpaired) electrons. The molecule has 1 saturated heterocycles. The van der Waals surface area contributed by atoms with Gasteiger partial charge in [0.2, 0.25) is 0 Å². The first-order valence-electron chi connectivity index (χ1n) is 13.7. The van der Waals surface area contributed by atoms with Crippen LogP contribution in [0.3, 0.4) is 0 Å². The summed E-state index contributed by atoms with van der Waals surface area (Å²) in [5, 5.41) is 3.65. The van der Waals surface area contributed by atoms with E-state index in [4.69, 9.17) is 18.9 Å². The molecule has 0 aromatic heterocycles. The summed E-state index contributed by atoms with van der Waals surface area (Å²) >= 11 is 0. The Morgan fingerprint density at radius 2 is 0.897 bits per heavy atom. The molecular weight excluding hydrogens is 486 g/mol. The molecule has 39 heavy (non-hydrogen) atoms. The van der Waals surface area contributed by atoms with Crippen LogP contribution in [-0.2, 0) is 45.4 Å². The fraction of sp³-hybridized carbons (Fsp3) is 0.294. The van der Waals surface area contributed by atoms with Crippen molar-refractivity contribution in [2.75, 3.05) is 13.2 Å². The summed E-state index contributed by atoms with van der Waals surface area (Å²) < 4.78 is 25.9. The standard InChI is InChI=1S/C34H37NO4/c1-5-13-27(14-6-1)22-36-26-31-33(38-24-29-17-9-3-10-18-29)34(39-25-30-19-11-4-12-20-30)32(21-35-31)37-23-28-15-7-2-8-16-28/h1-20,31-35H,21-26H2/t31-,32-,33-,34-/m1/s1. The quantitative estimate of drug-likeness (QED) is 0.235. The zero-order valence-electron chi connectivity index (χ0n) is 22.2. The first kappa shape index (κ1) is 27.3. The molecule has 0 bridgehead atoms. The van der Waals surface area contributed by atoms with E-state index in [-0.39, 0.29) is 24.4 Å². The van der Waals surface area contributed by atoms with Crippen molar-refractivity contribution in [1.82, 2.24) is 5.32 Å². The van der Waals surface area contributed by atoms with Crippen molar-refractivity contribution in [2.45, 2.75) is 50.8 Å². The summed E-state index contributed by atoms with van der Waals surface area (Å²) in [5.74, 6) is 0. The van der Waals surface area contributed by atoms with Gasteiger partial charge in [0.15, 0.2) is 0 Å². The van der Waals surface area contributed by atoms with E-state index in [1.54, 1.807) is 0 Å². The van der Waals surface area contributed by atoms with Crippen molar-refractivity contribution in [3.05, 3.63) is 144 Å². The Morgan fingerprint density at radius 1 is 0.487 bits per heavy atom. The van der Waals surface area contributed by atoms with E-state index < -0.39 is 0 Å². The second-order valence-electron chi connectivity index (χ2n) is 9.87. The molecule has 5 heteroatoms. The lowest BCUT2D eigenvalue weighted by Gasteiger charge is -2.43. The topological polar surface area (TPSA) is 49.0 Å². The van der Waals surface area contributed by atoms with Crippen LogP contribution in [0.25, 0.3) is 0 Å². The maximum atomic E-state index is 6.62. The molecule has 0 unspecified atom stereocenters. The molecule has 1 heterocycles. The highest BCUT2D eigenvalue weighted by atomic mass is 16.6. The molecule has 0 aliphatic carbocycles. The number of hydrogen-bond acceptors (Lipinski definition) is 5. The number of piperidine rings is 1. The van der Waals surface area contributed by atoms with Gasteiger partial charge >= 0.3 is 0 Å². The smallest absolute Gasteiger partial charge is 0.113 e. The zero-order chi connectivity index (χ0) is 26.5. The van der Waals surface area contributed by atoms with Crippen LogP contribution in [0, 0.1) is 0 Å². The van der Waals surface area contributed by atoms with E-state index in [9.17, 15) is 0 Å². The molecule has 1 fully saturated rings. The third-order valence-corrected chi connectivity index (χ3v) is 6.95. The SMILES string of the molecule is c1ccc(COC[C@H]2NC[C@@H](OCc3ccccc3)[C@@H](OCc3ccccc3)[C@@H]2OCc2ccccc2)cc1. The van der Waals surface area contributed by atoms with E-state index in [0.717, 1.165) is 22.3 Å². The highest BCUT2D eigenvalue weighted by molar-refractivity contribution is 5.16. The van der Waals surface area contributed by atoms with Gasteiger partial charge in [0.25, 0.3) is 0 Å². The van der Waals surface area contributed by atoms with Crippen molar-refractivity contribution in [2.24, 2.45) is 0 Å². The fourth-order valence-electron chi connectivity index (χ4n) is 4.85. The number of benzene rings is 4. The van der Waals surface area contributed by atoms with Gasteiger partial charge in [-0.05, 0) is 22.3 Å². The molecule has 5 rings (SSSR count). The molecular formula is C34H37NO4. The number of rotatable bonds is 13. The lowest BCUT2D eigenvalue weighted by Crippen LogP contribution is -2.63. The van der Waals surface area contributed by atoms with Gasteiger partial charge in [-0.1, -0.05) is 121 Å². The maximum absolute atomic E-state index is 6.62. The van der Waals surface area contributed by atoms with E-state index in [2.05, 4.69) is 53.8 Å². The van der Waals surface area contributed by atoms with Crippen molar-refractivity contribution >= 4 is 0 Å². The molecule has 202 valence electrons. The molecule has 4 aromatic carbocycles. The van der Waals surface area contributed by atoms with E-state index in [0.29, 0.717) is 39.6 Å². The summed E-state index contributed by atoms with van der Waals surface area (Å²) in [6.45, 7) is 3.19. The highest BCUT2D eigenvalue weighted by Crippen LogP contribution is 2.24. The Balaban J connectivity index is 1.32. The minimum Gasteiger partial charge on any atom is -0.375 e. The van der Waals surface area contributed by atoms with Crippen molar-refractivity contribution < 1.29 is 18.9 Å². The van der Waals surface area contributed by atoms with Gasteiger partial charge in [-0.2, -0.15) is 0 Å². The van der Waals surface area contributed by atoms with Crippen LogP contribution in [0.5, 0.6) is 0 Å². The van der Waals surface area contributed by atoms with Crippen molar-refractivity contribution in [1.29, 1.82) is 0 Å². The number of nitrogens with one attached hydrogen (secondary N) is 1. The monoisotopic (exact) mass is 523 g/mol. The average molecular weight is 524 g/mol. The zero-order valence-corrected chi connectivity index (χ0v) is 22.2. The van der Waals surface area contributed by atoms with Gasteiger partial charge in [-0.3, -0.25) is 0 Å². The van der Waals surface area contributed by atoms with Crippen LogP contribution < -0.4 is 5.32 Å². The van der Waals surface area contributed by atoms with Crippen LogP contribution in [0.1, 0.15) is 22.3 Å². The summed E-state index contributed by atoms with van der Waals surface area (Å²) in [6, 6.07) is 41.0. The van der Waals surface area contributed by atoms with E-state index in [1.165, 1.54) is 0 Å². The molecule has 0 saturated carbocycles. The van der Waals surface area contributed by atoms with E-state index in [1.807, 2.05) is 72.8 Å². The van der Waals surface area contributed by atoms with Gasteiger partial charge in [-0.15, -0.1) is 0 Å². The van der Waals surface area contributed by atoms with Crippen molar-refractivity contribution in [3.63, 3.8) is 0 Å². The number of hydrogen-bond donors (Lipinski definition) is 1. The summed E-state index contributed by atoms with van der Waals surface area (Å²) in [6.07, 6.45) is -0.719. The van der Waals surface area contributed by atoms with Crippen LogP contribution in [0.2, 0.25) is 0 Å². The molecule has 0 amide bonds. The normalized spacial score (nSPS) is 21.0. The van der Waals surface area contributed by atoms with Gasteiger partial charge in [-0.25, -0.2) is 0 Å². The van der Waals surface area contributed by atoms with Crippen LogP contribution >= 0.6 is 0 Å². The minimum absolute atomic E-state index is 0.0465. The number of ether oxygens (including phenoxy) is 4. The molecule has 0 spiro atoms. The average Bonchev–Trinajstić information content (AvgIpc) is 3.00. The fourth-order valence-corrected chi connectivity index (χ4v) is 4.85. The van der Waals surface area contributed by atoms with Gasteiger partial charge in [0, 0.05) is 6.54 Å². The lowest BCUT2D eigenvalue weighted by molar-refractivity contribution is -0.181. The maximum Gasteiger partial charge on any atom is 0.113 e. The Kier molecular flexibility index (Phi) is 10.3. The molecule has 4 aromatic rings. The van der Waals surface area contributed by atoms with Crippen molar-refractivity contribution in [3.8, 4) is 0 Å². The Labute approximate surface area is 231 Å². The third kappa shape index (κ3) is 8.33. The minimum atomic E-state index is -0.274. The molecule has 4 atom stereocenters. The van der Waals surface area contributed by atoms with Gasteiger partial charge < -0.3 is 24.3 Å². The molecule has 5 nitrogen and oxygen atoms in total. The largest absolute Gasteiger partial charge is 0.375 e. The third-order valence-electron chi connectivity index (χ3n) is 6.95. The van der Waals surface area contributed by atoms with Crippen LogP contribution in [0.15, 0.2) is 121 Å². The molecule has 1 aliphatic rings. The van der Waals surface area contributed by atoms with Crippen LogP contribution in [0.4, 0.5) is 0 Å². The predicted molar refractivity (Wildman–Crippen MR) is 153 cm³/mol. The Bertz CT molecular complexity index is 1210. The summed E-state index contributed by atoms with van der Waals surface area (Å²) in [7, 11) is 0. The molecule has 1 aliphatic heterocycles. The second kappa shape index (κ2) is 14.7. The molecule has 1 N–H and O–H groups in total. The van der Waals surface area contributed by atoms with Gasteiger partial charge in [0.1, 0.15) is 12.2 Å².